The van der Waals surface area contributed by atoms with E-state index < -0.39 is 45.8 Å². The maximum absolute atomic E-state index is 12.6. The molecule has 1 amide bonds. The first-order chi connectivity index (χ1) is 10.6. The Bertz CT molecular complexity index is 631. The van der Waals surface area contributed by atoms with Crippen molar-refractivity contribution in [3.63, 3.8) is 0 Å². The third-order valence-electron chi connectivity index (χ3n) is 2.75. The number of nitrogens with zero attached hydrogens (tertiary/aromatic N) is 1. The number of hydrogen-bond acceptors (Lipinski definition) is 5. The number of nitro groups is 1. The normalized spacial score (nSPS) is 12.4. The minimum Gasteiger partial charge on any atom is -0.464 e. The van der Waals surface area contributed by atoms with Crippen LogP contribution in [0.2, 0.25) is 0 Å². The average Bonchev–Trinajstić information content (AvgIpc) is 2.45. The summed E-state index contributed by atoms with van der Waals surface area (Å²) in [6.45, 7) is 2.90. The molecule has 0 aliphatic carbocycles. The standard InChI is InChI=1S/C13H13F3N2O5/c1-3-23-12(20)7(2)17-11(19)9-5-4-8(13(14,15)16)6-10(9)18(21)22/h4-7H,3H2,1-2H3,(H,17,19). The molecule has 0 fully saturated rings. The van der Waals surface area contributed by atoms with Gasteiger partial charge in [-0.3, -0.25) is 14.9 Å². The van der Waals surface area contributed by atoms with E-state index in [0.29, 0.717) is 12.1 Å². The fraction of sp³-hybridized carbons (Fsp3) is 0.385. The maximum Gasteiger partial charge on any atom is 0.416 e. The zero-order valence-corrected chi connectivity index (χ0v) is 12.1. The summed E-state index contributed by atoms with van der Waals surface area (Å²) in [5.74, 6) is -1.82. The molecule has 126 valence electrons. The number of amides is 1. The van der Waals surface area contributed by atoms with Crippen LogP contribution in [0.4, 0.5) is 18.9 Å². The van der Waals surface area contributed by atoms with Gasteiger partial charge in [0.2, 0.25) is 0 Å². The topological polar surface area (TPSA) is 98.5 Å². The fourth-order valence-electron chi connectivity index (χ4n) is 1.65. The van der Waals surface area contributed by atoms with Crippen molar-refractivity contribution in [2.45, 2.75) is 26.1 Å². The number of alkyl halides is 3. The minimum absolute atomic E-state index is 0.0689. The van der Waals surface area contributed by atoms with Gasteiger partial charge in [-0.05, 0) is 26.0 Å². The average molecular weight is 334 g/mol. The van der Waals surface area contributed by atoms with E-state index in [-0.39, 0.29) is 12.7 Å². The molecule has 0 saturated heterocycles. The largest absolute Gasteiger partial charge is 0.464 e. The van der Waals surface area contributed by atoms with Gasteiger partial charge >= 0.3 is 12.1 Å². The van der Waals surface area contributed by atoms with Gasteiger partial charge in [-0.25, -0.2) is 4.79 Å². The Morgan fingerprint density at radius 1 is 1.39 bits per heavy atom. The van der Waals surface area contributed by atoms with Gasteiger partial charge in [0.05, 0.1) is 17.1 Å². The third kappa shape index (κ3) is 4.66. The number of carbonyl (C=O) groups excluding carboxylic acids is 2. The number of nitro benzene ring substituents is 1. The monoisotopic (exact) mass is 334 g/mol. The molecular formula is C13H13F3N2O5. The highest BCUT2D eigenvalue weighted by molar-refractivity contribution is 6.00. The summed E-state index contributed by atoms with van der Waals surface area (Å²) in [6, 6.07) is 0.402. The first-order valence-corrected chi connectivity index (χ1v) is 6.41. The van der Waals surface area contributed by atoms with Gasteiger partial charge in [0, 0.05) is 6.07 Å². The second-order valence-electron chi connectivity index (χ2n) is 4.43. The molecule has 0 aromatic heterocycles. The molecule has 0 spiro atoms. The molecular weight excluding hydrogens is 321 g/mol. The van der Waals surface area contributed by atoms with Crippen LogP contribution in [0.5, 0.6) is 0 Å². The summed E-state index contributed by atoms with van der Waals surface area (Å²) < 4.78 is 42.4. The molecule has 0 aliphatic rings. The van der Waals surface area contributed by atoms with Crippen molar-refractivity contribution >= 4 is 17.6 Å². The molecule has 1 aromatic rings. The molecule has 7 nitrogen and oxygen atoms in total. The molecule has 10 heteroatoms. The zero-order chi connectivity index (χ0) is 17.8. The van der Waals surface area contributed by atoms with Crippen molar-refractivity contribution in [3.8, 4) is 0 Å². The lowest BCUT2D eigenvalue weighted by Crippen LogP contribution is -2.39. The van der Waals surface area contributed by atoms with Gasteiger partial charge in [-0.1, -0.05) is 0 Å². The van der Waals surface area contributed by atoms with E-state index in [0.717, 1.165) is 0 Å². The number of nitrogens with one attached hydrogen (secondary N) is 1. The van der Waals surface area contributed by atoms with Gasteiger partial charge in [0.15, 0.2) is 0 Å². The Morgan fingerprint density at radius 3 is 2.48 bits per heavy atom. The number of rotatable bonds is 5. The van der Waals surface area contributed by atoms with Gasteiger partial charge < -0.3 is 10.1 Å². The van der Waals surface area contributed by atoms with Crippen molar-refractivity contribution in [2.24, 2.45) is 0 Å². The lowest BCUT2D eigenvalue weighted by molar-refractivity contribution is -0.385. The Balaban J connectivity index is 3.10. The first-order valence-electron chi connectivity index (χ1n) is 6.41. The van der Waals surface area contributed by atoms with Gasteiger partial charge in [-0.2, -0.15) is 13.2 Å². The van der Waals surface area contributed by atoms with Crippen LogP contribution in [0.25, 0.3) is 0 Å². The van der Waals surface area contributed by atoms with Crippen molar-refractivity contribution in [1.29, 1.82) is 0 Å². The highest BCUT2D eigenvalue weighted by Crippen LogP contribution is 2.33. The molecule has 1 unspecified atom stereocenters. The summed E-state index contributed by atoms with van der Waals surface area (Å²) in [6.07, 6.45) is -4.78. The Kier molecular flexibility index (Phi) is 5.66. The van der Waals surface area contributed by atoms with E-state index in [1.165, 1.54) is 6.92 Å². The number of carbonyl (C=O) groups is 2. The van der Waals surface area contributed by atoms with Crippen molar-refractivity contribution < 1.29 is 32.4 Å². The number of halogens is 3. The molecule has 1 aromatic carbocycles. The lowest BCUT2D eigenvalue weighted by atomic mass is 10.1. The van der Waals surface area contributed by atoms with Gasteiger partial charge in [-0.15, -0.1) is 0 Å². The molecule has 0 saturated carbocycles. The molecule has 0 heterocycles. The van der Waals surface area contributed by atoms with Gasteiger partial charge in [0.25, 0.3) is 11.6 Å². The molecule has 1 N–H and O–H groups in total. The van der Waals surface area contributed by atoms with E-state index in [1.54, 1.807) is 6.92 Å². The minimum atomic E-state index is -4.78. The highest BCUT2D eigenvalue weighted by atomic mass is 19.4. The highest BCUT2D eigenvalue weighted by Gasteiger charge is 2.34. The molecule has 23 heavy (non-hydrogen) atoms. The Morgan fingerprint density at radius 2 is 2.00 bits per heavy atom. The van der Waals surface area contributed by atoms with Crippen LogP contribution in [0.3, 0.4) is 0 Å². The quantitative estimate of drug-likeness (QED) is 0.506. The van der Waals surface area contributed by atoms with Crippen molar-refractivity contribution in [2.75, 3.05) is 6.61 Å². The van der Waals surface area contributed by atoms with E-state index in [2.05, 4.69) is 10.1 Å². The number of ether oxygens (including phenoxy) is 1. The first kappa shape index (κ1) is 18.4. The van der Waals surface area contributed by atoms with Crippen LogP contribution < -0.4 is 5.32 Å². The van der Waals surface area contributed by atoms with Crippen LogP contribution in [0, 0.1) is 10.1 Å². The summed E-state index contributed by atoms with van der Waals surface area (Å²) in [5.41, 5.74) is -2.84. The van der Waals surface area contributed by atoms with E-state index in [1.807, 2.05) is 0 Å². The van der Waals surface area contributed by atoms with Crippen LogP contribution in [0.1, 0.15) is 29.8 Å². The smallest absolute Gasteiger partial charge is 0.416 e. The van der Waals surface area contributed by atoms with E-state index >= 15 is 0 Å². The molecule has 0 bridgehead atoms. The number of hydrogen-bond donors (Lipinski definition) is 1. The van der Waals surface area contributed by atoms with E-state index in [4.69, 9.17) is 0 Å². The Hall–Kier alpha value is -2.65. The predicted octanol–water partition coefficient (Wildman–Crippen LogP) is 2.29. The van der Waals surface area contributed by atoms with Crippen LogP contribution in [-0.2, 0) is 15.7 Å². The lowest BCUT2D eigenvalue weighted by Gasteiger charge is -2.13. The summed E-state index contributed by atoms with van der Waals surface area (Å²) in [7, 11) is 0. The summed E-state index contributed by atoms with van der Waals surface area (Å²) in [4.78, 5) is 33.1. The summed E-state index contributed by atoms with van der Waals surface area (Å²) in [5, 5.41) is 13.0. The maximum atomic E-state index is 12.6. The third-order valence-corrected chi connectivity index (χ3v) is 2.75. The molecule has 0 aliphatic heterocycles. The van der Waals surface area contributed by atoms with Crippen molar-refractivity contribution in [1.82, 2.24) is 5.32 Å². The van der Waals surface area contributed by atoms with Crippen LogP contribution >= 0.6 is 0 Å². The fourth-order valence-corrected chi connectivity index (χ4v) is 1.65. The Labute approximate surface area is 128 Å². The molecule has 1 rings (SSSR count). The summed E-state index contributed by atoms with van der Waals surface area (Å²) >= 11 is 0. The van der Waals surface area contributed by atoms with E-state index in [9.17, 15) is 32.9 Å². The molecule has 1 atom stereocenters. The van der Waals surface area contributed by atoms with Crippen molar-refractivity contribution in [3.05, 3.63) is 39.4 Å². The van der Waals surface area contributed by atoms with Crippen LogP contribution in [0.15, 0.2) is 18.2 Å². The number of esters is 1. The number of benzene rings is 1. The SMILES string of the molecule is CCOC(=O)C(C)NC(=O)c1ccc(C(F)(F)F)cc1[N+](=O)[O-]. The van der Waals surface area contributed by atoms with Crippen LogP contribution in [-0.4, -0.2) is 29.4 Å². The van der Waals surface area contributed by atoms with Gasteiger partial charge in [0.1, 0.15) is 11.6 Å². The molecule has 0 radical (unpaired) electrons. The zero-order valence-electron chi connectivity index (χ0n) is 12.1. The second kappa shape index (κ2) is 7.07. The predicted molar refractivity (Wildman–Crippen MR) is 71.7 cm³/mol. The second-order valence-corrected chi connectivity index (χ2v) is 4.43.